The Morgan fingerprint density at radius 1 is 1.45 bits per heavy atom. The molecule has 0 fully saturated rings. The van der Waals surface area contributed by atoms with E-state index in [0.29, 0.717) is 9.26 Å². The minimum absolute atomic E-state index is 0.119. The Morgan fingerprint density at radius 2 is 2.10 bits per heavy atom. The molecule has 0 bridgehead atoms. The summed E-state index contributed by atoms with van der Waals surface area (Å²) in [4.78, 5) is 24.2. The average Bonchev–Trinajstić information content (AvgIpc) is 2.32. The van der Waals surface area contributed by atoms with Crippen molar-refractivity contribution in [3.8, 4) is 0 Å². The van der Waals surface area contributed by atoms with Crippen LogP contribution in [-0.2, 0) is 4.79 Å². The number of nitrogens with zero attached hydrogens (tertiary/aromatic N) is 1. The number of halogens is 2. The third kappa shape index (κ3) is 4.95. The van der Waals surface area contributed by atoms with Crippen molar-refractivity contribution in [1.82, 2.24) is 4.90 Å². The molecule has 1 rings (SSSR count). The average molecular weight is 394 g/mol. The van der Waals surface area contributed by atoms with E-state index in [0.717, 1.165) is 0 Å². The van der Waals surface area contributed by atoms with Gasteiger partial charge in [-0.25, -0.2) is 9.18 Å². The van der Waals surface area contributed by atoms with Crippen LogP contribution in [0, 0.1) is 9.39 Å². The number of carbonyl (C=O) groups is 2. The van der Waals surface area contributed by atoms with Gasteiger partial charge < -0.3 is 15.3 Å². The summed E-state index contributed by atoms with van der Waals surface area (Å²) in [5.41, 5.74) is 0.498. The van der Waals surface area contributed by atoms with Gasteiger partial charge in [-0.3, -0.25) is 4.79 Å². The fraction of sp³-hybridized carbons (Fsp3) is 0.385. The smallest absolute Gasteiger partial charge is 0.322 e. The fourth-order valence-electron chi connectivity index (χ4n) is 1.59. The number of hydrogen-bond donors (Lipinski definition) is 2. The lowest BCUT2D eigenvalue weighted by Gasteiger charge is -2.26. The molecule has 5 nitrogen and oxygen atoms in total. The van der Waals surface area contributed by atoms with Crippen LogP contribution < -0.4 is 5.32 Å². The van der Waals surface area contributed by atoms with Crippen molar-refractivity contribution in [3.63, 3.8) is 0 Å². The van der Waals surface area contributed by atoms with E-state index in [2.05, 4.69) is 5.32 Å². The van der Waals surface area contributed by atoms with Gasteiger partial charge in [-0.05, 0) is 54.6 Å². The zero-order valence-corrected chi connectivity index (χ0v) is 13.3. The molecule has 1 aromatic rings. The number of rotatable bonds is 5. The minimum Gasteiger partial charge on any atom is -0.481 e. The van der Waals surface area contributed by atoms with Gasteiger partial charge >= 0.3 is 12.0 Å². The van der Waals surface area contributed by atoms with Crippen LogP contribution in [-0.4, -0.2) is 34.6 Å². The molecule has 0 aliphatic rings. The van der Waals surface area contributed by atoms with Gasteiger partial charge in [0.2, 0.25) is 0 Å². The molecule has 0 aliphatic heterocycles. The molecule has 20 heavy (non-hydrogen) atoms. The molecular formula is C13H16FIN2O3. The van der Waals surface area contributed by atoms with Gasteiger partial charge in [0.05, 0.1) is 12.1 Å². The van der Waals surface area contributed by atoms with Crippen molar-refractivity contribution in [3.05, 3.63) is 27.6 Å². The van der Waals surface area contributed by atoms with Gasteiger partial charge in [-0.1, -0.05) is 0 Å². The second kappa shape index (κ2) is 7.41. The molecule has 0 saturated heterocycles. The molecular weight excluding hydrogens is 378 g/mol. The molecule has 0 unspecified atom stereocenters. The highest BCUT2D eigenvalue weighted by atomic mass is 127. The van der Waals surface area contributed by atoms with Crippen LogP contribution >= 0.6 is 22.6 Å². The normalized spacial score (nSPS) is 10.4. The van der Waals surface area contributed by atoms with Crippen molar-refractivity contribution in [1.29, 1.82) is 0 Å². The highest BCUT2D eigenvalue weighted by molar-refractivity contribution is 14.1. The molecule has 7 heteroatoms. The monoisotopic (exact) mass is 394 g/mol. The predicted octanol–water partition coefficient (Wildman–Crippen LogP) is 3.15. The standard InChI is InChI=1S/C13H16FIN2O3/c1-8(2)17(6-5-12(18)19)13(20)16-11-4-3-9(14)7-10(11)15/h3-4,7-8H,5-6H2,1-2H3,(H,16,20)(H,18,19). The Kier molecular flexibility index (Phi) is 6.18. The third-order valence-electron chi connectivity index (χ3n) is 2.62. The van der Waals surface area contributed by atoms with Gasteiger partial charge in [-0.15, -0.1) is 0 Å². The van der Waals surface area contributed by atoms with E-state index in [-0.39, 0.29) is 24.8 Å². The number of anilines is 1. The van der Waals surface area contributed by atoms with Crippen molar-refractivity contribution >= 4 is 40.3 Å². The maximum atomic E-state index is 13.0. The van der Waals surface area contributed by atoms with E-state index in [1.54, 1.807) is 13.8 Å². The van der Waals surface area contributed by atoms with Gasteiger partial charge in [0.1, 0.15) is 5.82 Å². The summed E-state index contributed by atoms with van der Waals surface area (Å²) in [5, 5.41) is 11.4. The van der Waals surface area contributed by atoms with Crippen molar-refractivity contribution in [2.75, 3.05) is 11.9 Å². The topological polar surface area (TPSA) is 69.6 Å². The number of carbonyl (C=O) groups excluding carboxylic acids is 1. The summed E-state index contributed by atoms with van der Waals surface area (Å²) in [6.45, 7) is 3.73. The first-order chi connectivity index (χ1) is 9.31. The fourth-order valence-corrected chi connectivity index (χ4v) is 2.20. The Bertz CT molecular complexity index is 508. The zero-order chi connectivity index (χ0) is 15.3. The van der Waals surface area contributed by atoms with E-state index in [1.165, 1.54) is 23.1 Å². The molecule has 110 valence electrons. The Hall–Kier alpha value is -1.38. The maximum absolute atomic E-state index is 13.0. The lowest BCUT2D eigenvalue weighted by atomic mass is 10.3. The maximum Gasteiger partial charge on any atom is 0.322 e. The first kappa shape index (κ1) is 16.7. The number of carboxylic acid groups (broad SMARTS) is 1. The van der Waals surface area contributed by atoms with Crippen molar-refractivity contribution in [2.24, 2.45) is 0 Å². The second-order valence-corrected chi connectivity index (χ2v) is 5.65. The van der Waals surface area contributed by atoms with E-state index >= 15 is 0 Å². The van der Waals surface area contributed by atoms with E-state index in [9.17, 15) is 14.0 Å². The van der Waals surface area contributed by atoms with Gasteiger partial charge in [0, 0.05) is 16.2 Å². The second-order valence-electron chi connectivity index (χ2n) is 4.49. The first-order valence-electron chi connectivity index (χ1n) is 6.05. The summed E-state index contributed by atoms with van der Waals surface area (Å²) in [6, 6.07) is 3.52. The predicted molar refractivity (Wildman–Crippen MR) is 82.2 cm³/mol. The minimum atomic E-state index is -0.959. The molecule has 0 spiro atoms. The third-order valence-corrected chi connectivity index (χ3v) is 3.52. The SMILES string of the molecule is CC(C)N(CCC(=O)O)C(=O)Nc1ccc(F)cc1I. The van der Waals surface area contributed by atoms with E-state index in [1.807, 2.05) is 22.6 Å². The number of hydrogen-bond acceptors (Lipinski definition) is 2. The highest BCUT2D eigenvalue weighted by Gasteiger charge is 2.18. The molecule has 0 aliphatic carbocycles. The van der Waals surface area contributed by atoms with E-state index < -0.39 is 12.0 Å². The molecule has 2 amide bonds. The van der Waals surface area contributed by atoms with Crippen LogP contribution in [0.2, 0.25) is 0 Å². The Morgan fingerprint density at radius 3 is 2.60 bits per heavy atom. The van der Waals surface area contributed by atoms with Gasteiger partial charge in [-0.2, -0.15) is 0 Å². The molecule has 2 N–H and O–H groups in total. The molecule has 0 aromatic heterocycles. The quantitative estimate of drug-likeness (QED) is 0.754. The lowest BCUT2D eigenvalue weighted by Crippen LogP contribution is -2.41. The van der Waals surface area contributed by atoms with Crippen LogP contribution in [0.15, 0.2) is 18.2 Å². The molecule has 0 radical (unpaired) electrons. The number of amides is 2. The first-order valence-corrected chi connectivity index (χ1v) is 7.13. The van der Waals surface area contributed by atoms with Gasteiger partial charge in [0.15, 0.2) is 0 Å². The zero-order valence-electron chi connectivity index (χ0n) is 11.2. The summed E-state index contributed by atoms with van der Waals surface area (Å²) >= 11 is 1.92. The van der Waals surface area contributed by atoms with Crippen LogP contribution in [0.5, 0.6) is 0 Å². The summed E-state index contributed by atoms with van der Waals surface area (Å²) in [6.07, 6.45) is -0.119. The van der Waals surface area contributed by atoms with Crippen LogP contribution in [0.4, 0.5) is 14.9 Å². The molecule has 0 atom stereocenters. The lowest BCUT2D eigenvalue weighted by molar-refractivity contribution is -0.137. The molecule has 1 aromatic carbocycles. The number of benzene rings is 1. The number of carboxylic acids is 1. The molecule has 0 saturated carbocycles. The van der Waals surface area contributed by atoms with Crippen LogP contribution in [0.25, 0.3) is 0 Å². The summed E-state index contributed by atoms with van der Waals surface area (Å²) in [5.74, 6) is -1.33. The highest BCUT2D eigenvalue weighted by Crippen LogP contribution is 2.19. The molecule has 0 heterocycles. The number of urea groups is 1. The summed E-state index contributed by atoms with van der Waals surface area (Å²) in [7, 11) is 0. The van der Waals surface area contributed by atoms with Crippen LogP contribution in [0.1, 0.15) is 20.3 Å². The van der Waals surface area contributed by atoms with Gasteiger partial charge in [0.25, 0.3) is 0 Å². The van der Waals surface area contributed by atoms with Crippen LogP contribution in [0.3, 0.4) is 0 Å². The van der Waals surface area contributed by atoms with Crippen molar-refractivity contribution in [2.45, 2.75) is 26.3 Å². The number of aliphatic carboxylic acids is 1. The Labute approximate surface area is 130 Å². The Balaban J connectivity index is 2.77. The number of nitrogens with one attached hydrogen (secondary N) is 1. The largest absolute Gasteiger partial charge is 0.481 e. The van der Waals surface area contributed by atoms with E-state index in [4.69, 9.17) is 5.11 Å². The van der Waals surface area contributed by atoms with Crippen molar-refractivity contribution < 1.29 is 19.1 Å². The summed E-state index contributed by atoms with van der Waals surface area (Å²) < 4.78 is 13.6.